The molecular weight excluding hydrogens is 204 g/mol. The quantitative estimate of drug-likeness (QED) is 0.595. The number of nitrogen functional groups attached to an aromatic ring is 1. The average molecular weight is 214 g/mol. The molecule has 1 radical (unpaired) electrons. The summed E-state index contributed by atoms with van der Waals surface area (Å²) in [5.41, 5.74) is 7.27. The minimum absolute atomic E-state index is 0.765. The maximum Gasteiger partial charge on any atom is 0.0441 e. The SMILES string of the molecule is Nc1cc[c]c(NCCBr)c1. The van der Waals surface area contributed by atoms with Crippen LogP contribution >= 0.6 is 15.9 Å². The third-order valence-corrected chi connectivity index (χ3v) is 1.63. The van der Waals surface area contributed by atoms with Crippen molar-refractivity contribution in [3.05, 3.63) is 24.3 Å². The Labute approximate surface area is 74.9 Å². The molecule has 0 spiro atoms. The van der Waals surface area contributed by atoms with Crippen LogP contribution in [0.15, 0.2) is 18.2 Å². The number of hydrogen-bond acceptors (Lipinski definition) is 2. The van der Waals surface area contributed by atoms with E-state index in [0.29, 0.717) is 0 Å². The first-order valence-corrected chi connectivity index (χ1v) is 4.52. The lowest BCUT2D eigenvalue weighted by Crippen LogP contribution is -2.02. The molecule has 0 amide bonds. The second kappa shape index (κ2) is 4.23. The van der Waals surface area contributed by atoms with Crippen LogP contribution in [-0.4, -0.2) is 11.9 Å². The smallest absolute Gasteiger partial charge is 0.0441 e. The topological polar surface area (TPSA) is 38.0 Å². The summed E-state index contributed by atoms with van der Waals surface area (Å²) in [6, 6.07) is 8.53. The van der Waals surface area contributed by atoms with E-state index in [-0.39, 0.29) is 0 Å². The molecule has 59 valence electrons. The van der Waals surface area contributed by atoms with Crippen molar-refractivity contribution in [2.24, 2.45) is 0 Å². The Kier molecular flexibility index (Phi) is 3.23. The molecule has 0 saturated heterocycles. The zero-order valence-corrected chi connectivity index (χ0v) is 7.69. The van der Waals surface area contributed by atoms with Crippen molar-refractivity contribution in [1.82, 2.24) is 0 Å². The summed E-state index contributed by atoms with van der Waals surface area (Å²) in [7, 11) is 0. The lowest BCUT2D eigenvalue weighted by molar-refractivity contribution is 1.24. The first kappa shape index (κ1) is 8.40. The van der Waals surface area contributed by atoms with Crippen LogP contribution in [0.3, 0.4) is 0 Å². The van der Waals surface area contributed by atoms with Crippen molar-refractivity contribution in [2.45, 2.75) is 0 Å². The first-order valence-electron chi connectivity index (χ1n) is 3.40. The molecule has 1 aromatic carbocycles. The Bertz CT molecular complexity index is 225. The van der Waals surface area contributed by atoms with Gasteiger partial charge in [0, 0.05) is 29.3 Å². The molecular formula is C8H10BrN2. The molecule has 0 aliphatic rings. The predicted molar refractivity (Wildman–Crippen MR) is 52.0 cm³/mol. The number of benzene rings is 1. The van der Waals surface area contributed by atoms with Crippen molar-refractivity contribution in [1.29, 1.82) is 0 Å². The Hall–Kier alpha value is -0.700. The molecule has 1 aromatic rings. The van der Waals surface area contributed by atoms with Gasteiger partial charge in [-0.1, -0.05) is 22.0 Å². The molecule has 0 unspecified atom stereocenters. The van der Waals surface area contributed by atoms with Gasteiger partial charge in [-0.05, 0) is 12.1 Å². The monoisotopic (exact) mass is 213 g/mol. The van der Waals surface area contributed by atoms with E-state index in [1.54, 1.807) is 0 Å². The molecule has 0 heterocycles. The van der Waals surface area contributed by atoms with Crippen LogP contribution in [-0.2, 0) is 0 Å². The maximum atomic E-state index is 5.56. The van der Waals surface area contributed by atoms with Gasteiger partial charge in [0.15, 0.2) is 0 Å². The summed E-state index contributed by atoms with van der Waals surface area (Å²) >= 11 is 3.32. The van der Waals surface area contributed by atoms with Crippen molar-refractivity contribution >= 4 is 27.3 Å². The highest BCUT2D eigenvalue weighted by Gasteiger charge is 1.90. The van der Waals surface area contributed by atoms with Gasteiger partial charge in [-0.3, -0.25) is 0 Å². The van der Waals surface area contributed by atoms with Crippen LogP contribution in [0.1, 0.15) is 0 Å². The second-order valence-electron chi connectivity index (χ2n) is 2.15. The Morgan fingerprint density at radius 2 is 2.45 bits per heavy atom. The fourth-order valence-corrected chi connectivity index (χ4v) is 0.966. The summed E-state index contributed by atoms with van der Waals surface area (Å²) < 4.78 is 0. The van der Waals surface area contributed by atoms with Gasteiger partial charge < -0.3 is 11.1 Å². The van der Waals surface area contributed by atoms with Crippen LogP contribution in [0.5, 0.6) is 0 Å². The predicted octanol–water partition coefficient (Wildman–Crippen LogP) is 1.88. The van der Waals surface area contributed by atoms with E-state index in [9.17, 15) is 0 Å². The Balaban J connectivity index is 2.56. The molecule has 11 heavy (non-hydrogen) atoms. The van der Waals surface area contributed by atoms with Crippen molar-refractivity contribution in [3.8, 4) is 0 Å². The standard InChI is InChI=1S/C8H10BrN2/c9-4-5-11-8-3-1-2-7(10)6-8/h1-2,6,11H,4-5,10H2. The largest absolute Gasteiger partial charge is 0.399 e. The molecule has 0 aliphatic heterocycles. The minimum Gasteiger partial charge on any atom is -0.399 e. The Morgan fingerprint density at radius 1 is 1.64 bits per heavy atom. The minimum atomic E-state index is 0.765. The van der Waals surface area contributed by atoms with Gasteiger partial charge in [0.1, 0.15) is 0 Å². The van der Waals surface area contributed by atoms with Crippen molar-refractivity contribution < 1.29 is 0 Å². The van der Waals surface area contributed by atoms with Gasteiger partial charge in [-0.25, -0.2) is 0 Å². The van der Waals surface area contributed by atoms with Crippen LogP contribution in [0.25, 0.3) is 0 Å². The third kappa shape index (κ3) is 2.80. The fraction of sp³-hybridized carbons (Fsp3) is 0.250. The van der Waals surface area contributed by atoms with E-state index in [1.165, 1.54) is 0 Å². The average Bonchev–Trinajstić information content (AvgIpc) is 2.01. The summed E-state index contributed by atoms with van der Waals surface area (Å²) in [6.07, 6.45) is 0. The maximum absolute atomic E-state index is 5.56. The van der Waals surface area contributed by atoms with Crippen molar-refractivity contribution in [2.75, 3.05) is 22.9 Å². The lowest BCUT2D eigenvalue weighted by Gasteiger charge is -2.02. The molecule has 0 aromatic heterocycles. The number of alkyl halides is 1. The zero-order chi connectivity index (χ0) is 8.10. The molecule has 2 nitrogen and oxygen atoms in total. The number of halogens is 1. The van der Waals surface area contributed by atoms with E-state index < -0.39 is 0 Å². The molecule has 3 N–H and O–H groups in total. The van der Waals surface area contributed by atoms with Crippen LogP contribution in [0.2, 0.25) is 0 Å². The molecule has 0 atom stereocenters. The molecule has 0 aliphatic carbocycles. The van der Waals surface area contributed by atoms with Gasteiger partial charge in [-0.15, -0.1) is 0 Å². The Morgan fingerprint density at radius 3 is 3.09 bits per heavy atom. The van der Waals surface area contributed by atoms with Crippen LogP contribution < -0.4 is 11.1 Å². The van der Waals surface area contributed by atoms with E-state index in [2.05, 4.69) is 27.3 Å². The van der Waals surface area contributed by atoms with Crippen LogP contribution in [0, 0.1) is 6.07 Å². The molecule has 1 rings (SSSR count). The summed E-state index contributed by atoms with van der Waals surface area (Å²) in [5.74, 6) is 0. The lowest BCUT2D eigenvalue weighted by atomic mass is 10.3. The summed E-state index contributed by atoms with van der Waals surface area (Å²) in [5, 5.41) is 4.08. The van der Waals surface area contributed by atoms with Gasteiger partial charge in [0.05, 0.1) is 0 Å². The highest BCUT2D eigenvalue weighted by atomic mass is 79.9. The van der Waals surface area contributed by atoms with E-state index in [0.717, 1.165) is 23.2 Å². The third-order valence-electron chi connectivity index (χ3n) is 1.24. The zero-order valence-electron chi connectivity index (χ0n) is 6.10. The van der Waals surface area contributed by atoms with E-state index in [4.69, 9.17) is 5.73 Å². The molecule has 0 saturated carbocycles. The van der Waals surface area contributed by atoms with Crippen LogP contribution in [0.4, 0.5) is 11.4 Å². The highest BCUT2D eigenvalue weighted by Crippen LogP contribution is 2.10. The number of rotatable bonds is 3. The highest BCUT2D eigenvalue weighted by molar-refractivity contribution is 9.09. The van der Waals surface area contributed by atoms with Gasteiger partial charge in [0.2, 0.25) is 0 Å². The van der Waals surface area contributed by atoms with E-state index >= 15 is 0 Å². The second-order valence-corrected chi connectivity index (χ2v) is 2.94. The number of nitrogens with one attached hydrogen (secondary N) is 1. The van der Waals surface area contributed by atoms with Gasteiger partial charge >= 0.3 is 0 Å². The number of hydrogen-bond donors (Lipinski definition) is 2. The number of anilines is 2. The van der Waals surface area contributed by atoms with Gasteiger partial charge in [0.25, 0.3) is 0 Å². The summed E-state index contributed by atoms with van der Waals surface area (Å²) in [4.78, 5) is 0. The van der Waals surface area contributed by atoms with E-state index in [1.807, 2.05) is 18.2 Å². The number of nitrogens with two attached hydrogens (primary N) is 1. The summed E-state index contributed by atoms with van der Waals surface area (Å²) in [6.45, 7) is 0.889. The van der Waals surface area contributed by atoms with Crippen molar-refractivity contribution in [3.63, 3.8) is 0 Å². The fourth-order valence-electron chi connectivity index (χ4n) is 0.768. The van der Waals surface area contributed by atoms with Gasteiger partial charge in [-0.2, -0.15) is 0 Å². The first-order chi connectivity index (χ1) is 5.33. The molecule has 0 fully saturated rings. The molecule has 3 heteroatoms. The molecule has 0 bridgehead atoms. The normalized spacial score (nSPS) is 9.55.